The molecule has 1 rings (SSSR count). The molecule has 0 aliphatic rings. The van der Waals surface area contributed by atoms with E-state index in [-0.39, 0.29) is 12.5 Å². The summed E-state index contributed by atoms with van der Waals surface area (Å²) < 4.78 is 0.946. The summed E-state index contributed by atoms with van der Waals surface area (Å²) in [5.74, 6) is -1.22. The fourth-order valence-corrected chi connectivity index (χ4v) is 2.33. The van der Waals surface area contributed by atoms with E-state index < -0.39 is 5.97 Å². The van der Waals surface area contributed by atoms with Crippen molar-refractivity contribution >= 4 is 27.8 Å². The minimum atomic E-state index is -0.992. The van der Waals surface area contributed by atoms with Gasteiger partial charge >= 0.3 is 5.97 Å². The van der Waals surface area contributed by atoms with Crippen LogP contribution in [0.1, 0.15) is 34.8 Å². The summed E-state index contributed by atoms with van der Waals surface area (Å²) in [6, 6.07) is 3.68. The minimum absolute atomic E-state index is 0.225. The van der Waals surface area contributed by atoms with Gasteiger partial charge in [0.05, 0.1) is 0 Å². The first-order chi connectivity index (χ1) is 8.86. The highest BCUT2D eigenvalue weighted by Crippen LogP contribution is 2.22. The predicted molar refractivity (Wildman–Crippen MR) is 77.4 cm³/mol. The average Bonchev–Trinajstić information content (AvgIpc) is 2.32. The fourth-order valence-electron chi connectivity index (χ4n) is 1.87. The Kier molecular flexibility index (Phi) is 5.54. The number of rotatable bonds is 5. The number of halogens is 1. The summed E-state index contributed by atoms with van der Waals surface area (Å²) in [6.07, 6.45) is 0.730. The zero-order valence-electron chi connectivity index (χ0n) is 11.4. The van der Waals surface area contributed by atoms with Crippen molar-refractivity contribution in [3.63, 3.8) is 0 Å². The Morgan fingerprint density at radius 3 is 2.42 bits per heavy atom. The first-order valence-electron chi connectivity index (χ1n) is 6.14. The van der Waals surface area contributed by atoms with E-state index in [1.54, 1.807) is 6.07 Å². The lowest BCUT2D eigenvalue weighted by molar-refractivity contribution is -0.137. The maximum Gasteiger partial charge on any atom is 0.323 e. The van der Waals surface area contributed by atoms with E-state index in [9.17, 15) is 9.59 Å². The number of hydrogen-bond donors (Lipinski definition) is 1. The molecule has 0 unspecified atom stereocenters. The van der Waals surface area contributed by atoms with Crippen LogP contribution in [-0.4, -0.2) is 35.0 Å². The number of nitrogens with zero attached hydrogens (tertiary/aromatic N) is 1. The van der Waals surface area contributed by atoms with Crippen LogP contribution in [0.25, 0.3) is 0 Å². The van der Waals surface area contributed by atoms with Crippen molar-refractivity contribution in [2.75, 3.05) is 13.1 Å². The topological polar surface area (TPSA) is 57.6 Å². The van der Waals surface area contributed by atoms with Crippen LogP contribution < -0.4 is 0 Å². The van der Waals surface area contributed by atoms with Gasteiger partial charge in [0.25, 0.3) is 5.91 Å². The van der Waals surface area contributed by atoms with Crippen molar-refractivity contribution in [2.24, 2.45) is 0 Å². The first kappa shape index (κ1) is 15.7. The molecule has 0 aromatic heterocycles. The van der Waals surface area contributed by atoms with Crippen molar-refractivity contribution in [3.8, 4) is 0 Å². The van der Waals surface area contributed by atoms with Gasteiger partial charge in [-0.3, -0.25) is 9.59 Å². The van der Waals surface area contributed by atoms with Crippen LogP contribution in [0.5, 0.6) is 0 Å². The van der Waals surface area contributed by atoms with Crippen LogP contribution in [0, 0.1) is 13.8 Å². The Bertz CT molecular complexity index is 500. The molecule has 1 aromatic carbocycles. The monoisotopic (exact) mass is 327 g/mol. The van der Waals surface area contributed by atoms with Gasteiger partial charge in [-0.2, -0.15) is 0 Å². The second kappa shape index (κ2) is 6.70. The molecule has 4 nitrogen and oxygen atoms in total. The Morgan fingerprint density at radius 1 is 1.26 bits per heavy atom. The van der Waals surface area contributed by atoms with Gasteiger partial charge in [0.2, 0.25) is 0 Å². The highest BCUT2D eigenvalue weighted by molar-refractivity contribution is 9.10. The molecule has 0 fully saturated rings. The van der Waals surface area contributed by atoms with E-state index in [0.717, 1.165) is 22.0 Å². The molecule has 5 heteroatoms. The molecule has 19 heavy (non-hydrogen) atoms. The van der Waals surface area contributed by atoms with Crippen molar-refractivity contribution in [1.29, 1.82) is 0 Å². The molecule has 0 bridgehead atoms. The molecule has 0 aliphatic carbocycles. The minimum Gasteiger partial charge on any atom is -0.480 e. The second-order valence-electron chi connectivity index (χ2n) is 4.54. The van der Waals surface area contributed by atoms with E-state index in [4.69, 9.17) is 5.11 Å². The molecule has 1 aromatic rings. The van der Waals surface area contributed by atoms with Crippen LogP contribution in [0.4, 0.5) is 0 Å². The standard InChI is InChI=1S/C14H18BrNO3/c1-4-5-16(8-13(17)18)14(19)11-6-10(3)12(15)7-9(11)2/h6-7H,4-5,8H2,1-3H3,(H,17,18). The van der Waals surface area contributed by atoms with Gasteiger partial charge in [0.15, 0.2) is 0 Å². The largest absolute Gasteiger partial charge is 0.480 e. The van der Waals surface area contributed by atoms with Gasteiger partial charge in [0.1, 0.15) is 6.54 Å². The number of hydrogen-bond acceptors (Lipinski definition) is 2. The van der Waals surface area contributed by atoms with Crippen LogP contribution in [0.15, 0.2) is 16.6 Å². The Hall–Kier alpha value is -1.36. The second-order valence-corrected chi connectivity index (χ2v) is 5.39. The number of carbonyl (C=O) groups is 2. The SMILES string of the molecule is CCCN(CC(=O)O)C(=O)c1cc(C)c(Br)cc1C. The van der Waals surface area contributed by atoms with Crippen LogP contribution >= 0.6 is 15.9 Å². The third kappa shape index (κ3) is 4.06. The summed E-state index contributed by atoms with van der Waals surface area (Å²) in [7, 11) is 0. The number of carboxylic acid groups (broad SMARTS) is 1. The van der Waals surface area contributed by atoms with Crippen molar-refractivity contribution < 1.29 is 14.7 Å². The zero-order valence-corrected chi connectivity index (χ0v) is 13.0. The van der Waals surface area contributed by atoms with Crippen molar-refractivity contribution in [2.45, 2.75) is 27.2 Å². The Labute approximate surface area is 121 Å². The van der Waals surface area contributed by atoms with Crippen LogP contribution in [0.2, 0.25) is 0 Å². The van der Waals surface area contributed by atoms with Crippen LogP contribution in [0.3, 0.4) is 0 Å². The van der Waals surface area contributed by atoms with E-state index in [2.05, 4.69) is 15.9 Å². The molecule has 1 N–H and O–H groups in total. The van der Waals surface area contributed by atoms with Crippen molar-refractivity contribution in [3.05, 3.63) is 33.3 Å². The fraction of sp³-hybridized carbons (Fsp3) is 0.429. The number of benzene rings is 1. The zero-order chi connectivity index (χ0) is 14.6. The Morgan fingerprint density at radius 2 is 1.89 bits per heavy atom. The van der Waals surface area contributed by atoms with Crippen molar-refractivity contribution in [1.82, 2.24) is 4.90 Å². The summed E-state index contributed by atoms with van der Waals surface area (Å²) in [5, 5.41) is 8.87. The molecular formula is C14H18BrNO3. The highest BCUT2D eigenvalue weighted by Gasteiger charge is 2.20. The Balaban J connectivity index is 3.08. The van der Waals surface area contributed by atoms with Gasteiger partial charge in [-0.05, 0) is 43.5 Å². The molecule has 0 saturated heterocycles. The van der Waals surface area contributed by atoms with Gasteiger partial charge in [-0.1, -0.05) is 22.9 Å². The highest BCUT2D eigenvalue weighted by atomic mass is 79.9. The van der Waals surface area contributed by atoms with E-state index in [1.807, 2.05) is 26.8 Å². The number of aryl methyl sites for hydroxylation is 2. The third-order valence-corrected chi connectivity index (χ3v) is 3.70. The quantitative estimate of drug-likeness (QED) is 0.904. The molecule has 0 radical (unpaired) electrons. The molecule has 0 atom stereocenters. The maximum absolute atomic E-state index is 12.4. The number of aliphatic carboxylic acids is 1. The lowest BCUT2D eigenvalue weighted by atomic mass is 10.0. The lowest BCUT2D eigenvalue weighted by Crippen LogP contribution is -2.36. The molecule has 1 amide bonds. The molecule has 0 heterocycles. The van der Waals surface area contributed by atoms with Gasteiger partial charge in [0, 0.05) is 16.6 Å². The molecule has 0 spiro atoms. The van der Waals surface area contributed by atoms with E-state index >= 15 is 0 Å². The predicted octanol–water partition coefficient (Wildman–Crippen LogP) is 3.00. The van der Waals surface area contributed by atoms with E-state index in [0.29, 0.717) is 12.1 Å². The average molecular weight is 328 g/mol. The first-order valence-corrected chi connectivity index (χ1v) is 6.94. The van der Waals surface area contributed by atoms with Gasteiger partial charge in [-0.25, -0.2) is 0 Å². The molecule has 0 saturated carbocycles. The van der Waals surface area contributed by atoms with Gasteiger partial charge < -0.3 is 10.0 Å². The lowest BCUT2D eigenvalue weighted by Gasteiger charge is -2.21. The summed E-state index contributed by atoms with van der Waals surface area (Å²) in [5.41, 5.74) is 2.37. The molecular weight excluding hydrogens is 310 g/mol. The molecule has 0 aliphatic heterocycles. The van der Waals surface area contributed by atoms with Crippen LogP contribution in [-0.2, 0) is 4.79 Å². The normalized spacial score (nSPS) is 10.3. The summed E-state index contributed by atoms with van der Waals surface area (Å²) >= 11 is 3.42. The number of amides is 1. The van der Waals surface area contributed by atoms with E-state index in [1.165, 1.54) is 4.90 Å². The number of carbonyl (C=O) groups excluding carboxylic acids is 1. The molecule has 104 valence electrons. The van der Waals surface area contributed by atoms with Gasteiger partial charge in [-0.15, -0.1) is 0 Å². The summed E-state index contributed by atoms with van der Waals surface area (Å²) in [4.78, 5) is 24.6. The maximum atomic E-state index is 12.4. The summed E-state index contributed by atoms with van der Waals surface area (Å²) in [6.45, 7) is 5.85. The third-order valence-electron chi connectivity index (χ3n) is 2.84. The number of carboxylic acids is 1. The smallest absolute Gasteiger partial charge is 0.323 e.